The molecule has 13 aromatic carbocycles. The molecular formula is C90H73N5. The third-order valence-corrected chi connectivity index (χ3v) is 20.4. The van der Waals surface area contributed by atoms with E-state index in [4.69, 9.17) is 0 Å². The van der Waals surface area contributed by atoms with Crippen LogP contribution in [0.2, 0.25) is 0 Å². The minimum atomic E-state index is -0.305. The molecule has 0 fully saturated rings. The lowest BCUT2D eigenvalue weighted by Crippen LogP contribution is -2.19. The van der Waals surface area contributed by atoms with Gasteiger partial charge in [-0.05, 0) is 153 Å². The van der Waals surface area contributed by atoms with Gasteiger partial charge in [-0.25, -0.2) is 0 Å². The number of rotatable bonds is 7. The van der Waals surface area contributed by atoms with Gasteiger partial charge < -0.3 is 22.8 Å². The fraction of sp³-hybridized carbons (Fsp3) is 0.133. The quantitative estimate of drug-likeness (QED) is 0.152. The van der Waals surface area contributed by atoms with Gasteiger partial charge in [-0.15, -0.1) is 0 Å². The average Bonchev–Trinajstić information content (AvgIpc) is 1.61. The molecule has 0 saturated carbocycles. The van der Waals surface area contributed by atoms with E-state index in [1.807, 2.05) is 0 Å². The fourth-order valence-corrected chi connectivity index (χ4v) is 16.5. The lowest BCUT2D eigenvalue weighted by molar-refractivity contribution is 0.584. The van der Waals surface area contributed by atoms with Crippen molar-refractivity contribution in [1.29, 1.82) is 0 Å². The smallest absolute Gasteiger partial charge is 0.0599 e. The van der Waals surface area contributed by atoms with Gasteiger partial charge in [0.05, 0.1) is 72.2 Å². The van der Waals surface area contributed by atoms with Gasteiger partial charge in [-0.2, -0.15) is 0 Å². The molecular weight excluding hydrogens is 1150 g/mol. The minimum Gasteiger partial charge on any atom is -0.309 e. The number of fused-ring (bicyclic) bond motifs is 15. The highest BCUT2D eigenvalue weighted by atomic mass is 15.0. The molecule has 95 heavy (non-hydrogen) atoms. The summed E-state index contributed by atoms with van der Waals surface area (Å²) in [6.07, 6.45) is 0. The maximum absolute atomic E-state index is 2.56. The maximum atomic E-state index is 2.56. The molecule has 0 spiro atoms. The Morgan fingerprint density at radius 1 is 0.221 bits per heavy atom. The van der Waals surface area contributed by atoms with Crippen molar-refractivity contribution in [3.63, 3.8) is 0 Å². The van der Waals surface area contributed by atoms with E-state index in [2.05, 4.69) is 364 Å². The molecule has 0 aliphatic heterocycles. The van der Waals surface area contributed by atoms with E-state index in [0.717, 1.165) is 5.69 Å². The Morgan fingerprint density at radius 2 is 0.589 bits per heavy atom. The highest BCUT2D eigenvalue weighted by Crippen LogP contribution is 2.49. The van der Waals surface area contributed by atoms with Crippen molar-refractivity contribution in [1.82, 2.24) is 22.8 Å². The molecule has 18 rings (SSSR count). The first kappa shape index (κ1) is 56.6. The maximum Gasteiger partial charge on any atom is 0.0599 e. The summed E-state index contributed by atoms with van der Waals surface area (Å²) in [4.78, 5) is 0. The van der Waals surface area contributed by atoms with Crippen molar-refractivity contribution < 1.29 is 0 Å². The van der Waals surface area contributed by atoms with Crippen LogP contribution in [-0.4, -0.2) is 22.8 Å². The number of aromatic nitrogens is 5. The van der Waals surface area contributed by atoms with E-state index in [1.54, 1.807) is 0 Å². The molecule has 0 atom stereocenters. The molecule has 0 N–H and O–H groups in total. The van der Waals surface area contributed by atoms with Crippen LogP contribution in [0.5, 0.6) is 0 Å². The van der Waals surface area contributed by atoms with Crippen molar-refractivity contribution >= 4 is 109 Å². The predicted octanol–water partition coefficient (Wildman–Crippen LogP) is 24.4. The summed E-state index contributed by atoms with van der Waals surface area (Å²) in [5, 5.41) is 12.4. The molecule has 0 amide bonds. The van der Waals surface area contributed by atoms with Crippen LogP contribution < -0.4 is 0 Å². The van der Waals surface area contributed by atoms with E-state index >= 15 is 0 Å². The fourth-order valence-electron chi connectivity index (χ4n) is 16.5. The SMILES string of the molecule is CC(C)(C)c1c(-n2c3ccccc3c3ccccc32)cccc1-n1c2ccccc2c2cc(-c3cccc4c3c3ccc(-n5c6ccccc6c6cc(-c7ccc8c(c7)c7cccc(C(C)(C)C)c7n8-c7ccccc7)ccc65)c(C(C)(C)C)c3n4-c3ccccc3)ccc21. The average molecular weight is 1220 g/mol. The molecule has 0 aliphatic carbocycles. The van der Waals surface area contributed by atoms with E-state index in [-0.39, 0.29) is 16.2 Å². The lowest BCUT2D eigenvalue weighted by atomic mass is 9.83. The zero-order chi connectivity index (χ0) is 64.4. The number of benzene rings is 13. The molecule has 458 valence electrons. The van der Waals surface area contributed by atoms with Crippen LogP contribution >= 0.6 is 0 Å². The zero-order valence-electron chi connectivity index (χ0n) is 55.3. The Morgan fingerprint density at radius 3 is 1.08 bits per heavy atom. The van der Waals surface area contributed by atoms with E-state index in [9.17, 15) is 0 Å². The molecule has 0 saturated heterocycles. The molecule has 18 aromatic rings. The second kappa shape index (κ2) is 20.7. The van der Waals surface area contributed by atoms with Crippen molar-refractivity contribution in [2.45, 2.75) is 78.6 Å². The first-order chi connectivity index (χ1) is 46.1. The molecule has 5 heteroatoms. The number of hydrogen-bond acceptors (Lipinski definition) is 0. The summed E-state index contributed by atoms with van der Waals surface area (Å²) < 4.78 is 12.6. The minimum absolute atomic E-state index is 0.0497. The van der Waals surface area contributed by atoms with E-state index in [1.165, 1.54) is 171 Å². The largest absolute Gasteiger partial charge is 0.309 e. The van der Waals surface area contributed by atoms with Crippen LogP contribution in [0, 0.1) is 0 Å². The number of hydrogen-bond donors (Lipinski definition) is 0. The Bertz CT molecular complexity index is 6140. The highest BCUT2D eigenvalue weighted by molar-refractivity contribution is 6.20. The van der Waals surface area contributed by atoms with Gasteiger partial charge in [-0.1, -0.05) is 232 Å². The van der Waals surface area contributed by atoms with Crippen LogP contribution in [0.3, 0.4) is 0 Å². The number of nitrogens with zero attached hydrogens (tertiary/aromatic N) is 5. The third kappa shape index (κ3) is 8.47. The van der Waals surface area contributed by atoms with Crippen LogP contribution in [0.25, 0.3) is 160 Å². The topological polar surface area (TPSA) is 24.6 Å². The summed E-state index contributed by atoms with van der Waals surface area (Å²) in [5.74, 6) is 0. The third-order valence-electron chi connectivity index (χ3n) is 20.4. The van der Waals surface area contributed by atoms with Crippen LogP contribution in [-0.2, 0) is 16.2 Å². The summed E-state index contributed by atoms with van der Waals surface area (Å²) in [7, 11) is 0. The molecule has 5 nitrogen and oxygen atoms in total. The molecule has 5 heterocycles. The second-order valence-corrected chi connectivity index (χ2v) is 29.3. The van der Waals surface area contributed by atoms with Crippen molar-refractivity contribution in [3.05, 3.63) is 296 Å². The van der Waals surface area contributed by atoms with Gasteiger partial charge in [0.25, 0.3) is 0 Å². The first-order valence-corrected chi connectivity index (χ1v) is 33.6. The van der Waals surface area contributed by atoms with Gasteiger partial charge in [-0.3, -0.25) is 0 Å². The first-order valence-electron chi connectivity index (χ1n) is 33.6. The molecule has 0 bridgehead atoms. The summed E-state index contributed by atoms with van der Waals surface area (Å²) >= 11 is 0. The van der Waals surface area contributed by atoms with Gasteiger partial charge >= 0.3 is 0 Å². The molecule has 0 radical (unpaired) electrons. The van der Waals surface area contributed by atoms with E-state index in [0.29, 0.717) is 0 Å². The zero-order valence-corrected chi connectivity index (χ0v) is 55.3. The highest BCUT2D eigenvalue weighted by Gasteiger charge is 2.32. The van der Waals surface area contributed by atoms with Crippen LogP contribution in [0.4, 0.5) is 0 Å². The molecule has 0 aliphatic rings. The predicted molar refractivity (Wildman–Crippen MR) is 405 cm³/mol. The summed E-state index contributed by atoms with van der Waals surface area (Å²) in [6.45, 7) is 21.3. The molecule has 0 unspecified atom stereocenters. The Balaban J connectivity index is 0.829. The Hall–Kier alpha value is -11.1. The van der Waals surface area contributed by atoms with E-state index < -0.39 is 0 Å². The number of para-hydroxylation sites is 7. The van der Waals surface area contributed by atoms with Crippen molar-refractivity contribution in [3.8, 4) is 50.7 Å². The summed E-state index contributed by atoms with van der Waals surface area (Å²) in [5.41, 5.74) is 26.0. The van der Waals surface area contributed by atoms with Gasteiger partial charge in [0.15, 0.2) is 0 Å². The van der Waals surface area contributed by atoms with Gasteiger partial charge in [0.2, 0.25) is 0 Å². The Kier molecular flexibility index (Phi) is 12.3. The van der Waals surface area contributed by atoms with Gasteiger partial charge in [0.1, 0.15) is 0 Å². The van der Waals surface area contributed by atoms with Crippen LogP contribution in [0.15, 0.2) is 279 Å². The molecule has 5 aromatic heterocycles. The monoisotopic (exact) mass is 1220 g/mol. The second-order valence-electron chi connectivity index (χ2n) is 29.3. The Labute approximate surface area is 553 Å². The standard InChI is InChI=1S/C90H73N5/c1-88(2,3)71-37-24-36-66-70-54-57(45-49-76(70)91(86(66)71)59-27-12-10-13-28-59)56-46-50-77-68(53-56)64-33-18-23-41-75(64)95(77)82-52-48-67-83-61(35-25-42-79(83)92(60-29-14-11-15-30-60)87(67)85(82)90(7,8)9)58-47-51-78-69(55-58)65-34-19-22-40-74(65)94(78)81-44-26-43-80(84(81)89(4,5)6)93-72-38-20-16-31-62(72)63-32-17-21-39-73(63)93/h10-55H,1-9H3. The lowest BCUT2D eigenvalue weighted by Gasteiger charge is -2.28. The summed E-state index contributed by atoms with van der Waals surface area (Å²) in [6, 6.07) is 105. The van der Waals surface area contributed by atoms with Crippen molar-refractivity contribution in [2.24, 2.45) is 0 Å². The van der Waals surface area contributed by atoms with Crippen LogP contribution in [0.1, 0.15) is 79.0 Å². The van der Waals surface area contributed by atoms with Crippen molar-refractivity contribution in [2.75, 3.05) is 0 Å². The van der Waals surface area contributed by atoms with Gasteiger partial charge in [0, 0.05) is 76.4 Å². The normalized spacial score (nSPS) is 12.7.